The first-order valence-electron chi connectivity index (χ1n) is 4.57. The first-order chi connectivity index (χ1) is 7.99. The number of rotatable bonds is 2. The van der Waals surface area contributed by atoms with Crippen LogP contribution in [0.2, 0.25) is 0 Å². The SMILES string of the molecule is O=C(O)C1CSC(c2cc(F)c(F)c(F)c2)=N1. The molecule has 7 heteroatoms. The summed E-state index contributed by atoms with van der Waals surface area (Å²) in [7, 11) is 0. The fourth-order valence-electron chi connectivity index (χ4n) is 1.34. The highest BCUT2D eigenvalue weighted by Crippen LogP contribution is 2.25. The Kier molecular flexibility index (Phi) is 3.10. The topological polar surface area (TPSA) is 49.7 Å². The molecular formula is C10H6F3NO2S. The zero-order chi connectivity index (χ0) is 12.6. The molecule has 17 heavy (non-hydrogen) atoms. The van der Waals surface area contributed by atoms with E-state index < -0.39 is 29.5 Å². The maximum Gasteiger partial charge on any atom is 0.329 e. The number of halogens is 3. The Hall–Kier alpha value is -1.50. The quantitative estimate of drug-likeness (QED) is 0.829. The van der Waals surface area contributed by atoms with E-state index in [1.54, 1.807) is 0 Å². The van der Waals surface area contributed by atoms with Gasteiger partial charge >= 0.3 is 5.97 Å². The molecule has 0 saturated carbocycles. The second kappa shape index (κ2) is 4.40. The smallest absolute Gasteiger partial charge is 0.329 e. The van der Waals surface area contributed by atoms with Gasteiger partial charge in [0.1, 0.15) is 0 Å². The molecule has 1 aliphatic rings. The van der Waals surface area contributed by atoms with Crippen molar-refractivity contribution in [3.8, 4) is 0 Å². The minimum Gasteiger partial charge on any atom is -0.480 e. The molecule has 1 unspecified atom stereocenters. The maximum absolute atomic E-state index is 13.0. The molecule has 0 fully saturated rings. The third-order valence-electron chi connectivity index (χ3n) is 2.17. The van der Waals surface area contributed by atoms with Crippen LogP contribution in [-0.4, -0.2) is 27.9 Å². The summed E-state index contributed by atoms with van der Waals surface area (Å²) in [5.74, 6) is -5.09. The molecule has 2 rings (SSSR count). The Morgan fingerprint density at radius 1 is 1.35 bits per heavy atom. The standard InChI is InChI=1S/C10H6F3NO2S/c11-5-1-4(2-6(12)8(5)13)9-14-7(3-17-9)10(15)16/h1-2,7H,3H2,(H,15,16). The molecule has 0 amide bonds. The van der Waals surface area contributed by atoms with Gasteiger partial charge in [-0.3, -0.25) is 4.99 Å². The number of carboxylic acid groups (broad SMARTS) is 1. The monoisotopic (exact) mass is 261 g/mol. The van der Waals surface area contributed by atoms with Crippen LogP contribution in [0.25, 0.3) is 0 Å². The zero-order valence-electron chi connectivity index (χ0n) is 8.28. The van der Waals surface area contributed by atoms with Gasteiger partial charge < -0.3 is 5.11 Å². The number of carboxylic acids is 1. The van der Waals surface area contributed by atoms with E-state index in [9.17, 15) is 18.0 Å². The van der Waals surface area contributed by atoms with E-state index in [4.69, 9.17) is 5.11 Å². The van der Waals surface area contributed by atoms with Gasteiger partial charge in [-0.25, -0.2) is 18.0 Å². The van der Waals surface area contributed by atoms with Crippen molar-refractivity contribution in [1.29, 1.82) is 0 Å². The fraction of sp³-hybridized carbons (Fsp3) is 0.200. The summed E-state index contributed by atoms with van der Waals surface area (Å²) in [6.07, 6.45) is 0. The highest BCUT2D eigenvalue weighted by molar-refractivity contribution is 8.14. The van der Waals surface area contributed by atoms with E-state index in [1.807, 2.05) is 0 Å². The average molecular weight is 261 g/mol. The van der Waals surface area contributed by atoms with Crippen molar-refractivity contribution in [3.63, 3.8) is 0 Å². The Balaban J connectivity index is 2.36. The van der Waals surface area contributed by atoms with Crippen LogP contribution in [0.15, 0.2) is 17.1 Å². The van der Waals surface area contributed by atoms with E-state index in [-0.39, 0.29) is 16.4 Å². The number of hydrogen-bond donors (Lipinski definition) is 1. The van der Waals surface area contributed by atoms with Gasteiger partial charge in [0.25, 0.3) is 0 Å². The number of aliphatic imine (C=N–C) groups is 1. The number of hydrogen-bond acceptors (Lipinski definition) is 3. The highest BCUT2D eigenvalue weighted by Gasteiger charge is 2.26. The van der Waals surface area contributed by atoms with Gasteiger partial charge in [-0.05, 0) is 12.1 Å². The Morgan fingerprint density at radius 3 is 2.41 bits per heavy atom. The van der Waals surface area contributed by atoms with E-state index in [2.05, 4.69) is 4.99 Å². The summed E-state index contributed by atoms with van der Waals surface area (Å²) in [6.45, 7) is 0. The lowest BCUT2D eigenvalue weighted by Gasteiger charge is -2.01. The predicted octanol–water partition coefficient (Wildman–Crippen LogP) is 2.05. The van der Waals surface area contributed by atoms with Gasteiger partial charge in [0, 0.05) is 11.3 Å². The number of thioether (sulfide) groups is 1. The molecule has 0 aromatic heterocycles. The molecule has 0 radical (unpaired) electrons. The molecule has 3 nitrogen and oxygen atoms in total. The second-order valence-corrected chi connectivity index (χ2v) is 4.36. The van der Waals surface area contributed by atoms with Gasteiger partial charge in [-0.15, -0.1) is 11.8 Å². The van der Waals surface area contributed by atoms with Gasteiger partial charge in [0.15, 0.2) is 23.5 Å². The number of aliphatic carboxylic acids is 1. The van der Waals surface area contributed by atoms with Gasteiger partial charge in [-0.1, -0.05) is 0 Å². The summed E-state index contributed by atoms with van der Waals surface area (Å²) in [6, 6.07) is 0.675. The lowest BCUT2D eigenvalue weighted by atomic mass is 10.2. The summed E-state index contributed by atoms with van der Waals surface area (Å²) < 4.78 is 38.6. The van der Waals surface area contributed by atoms with Crippen LogP contribution in [0.4, 0.5) is 13.2 Å². The largest absolute Gasteiger partial charge is 0.480 e. The van der Waals surface area contributed by atoms with Crippen LogP contribution in [-0.2, 0) is 4.79 Å². The summed E-state index contributed by atoms with van der Waals surface area (Å²) in [5, 5.41) is 8.91. The normalized spacial score (nSPS) is 19.2. The minimum absolute atomic E-state index is 0.0511. The molecular weight excluding hydrogens is 255 g/mol. The van der Waals surface area contributed by atoms with Gasteiger partial charge in [0.05, 0.1) is 5.04 Å². The lowest BCUT2D eigenvalue weighted by molar-refractivity contribution is -0.137. The summed E-state index contributed by atoms with van der Waals surface area (Å²) >= 11 is 1.07. The van der Waals surface area contributed by atoms with Crippen LogP contribution in [0, 0.1) is 17.5 Å². The Morgan fingerprint density at radius 2 is 1.94 bits per heavy atom. The molecule has 1 aromatic rings. The summed E-state index contributed by atoms with van der Waals surface area (Å²) in [4.78, 5) is 14.4. The summed E-state index contributed by atoms with van der Waals surface area (Å²) in [5.41, 5.74) is 0.0511. The number of nitrogens with zero attached hydrogens (tertiary/aromatic N) is 1. The Labute approximate surface area is 98.4 Å². The molecule has 0 aliphatic carbocycles. The number of benzene rings is 1. The first kappa shape index (κ1) is 12.0. The van der Waals surface area contributed by atoms with Gasteiger partial charge in [0.2, 0.25) is 0 Å². The second-order valence-electron chi connectivity index (χ2n) is 3.35. The van der Waals surface area contributed by atoms with E-state index in [0.29, 0.717) is 0 Å². The van der Waals surface area contributed by atoms with Crippen LogP contribution in [0.5, 0.6) is 0 Å². The van der Waals surface area contributed by atoms with Crippen molar-refractivity contribution in [1.82, 2.24) is 0 Å². The predicted molar refractivity (Wildman–Crippen MR) is 56.7 cm³/mol. The first-order valence-corrected chi connectivity index (χ1v) is 5.56. The lowest BCUT2D eigenvalue weighted by Crippen LogP contribution is -2.17. The van der Waals surface area contributed by atoms with E-state index in [1.165, 1.54) is 0 Å². The molecule has 0 saturated heterocycles. The van der Waals surface area contributed by atoms with Crippen LogP contribution >= 0.6 is 11.8 Å². The fourth-order valence-corrected chi connectivity index (χ4v) is 2.36. The van der Waals surface area contributed by atoms with Crippen molar-refractivity contribution < 1.29 is 23.1 Å². The maximum atomic E-state index is 13.0. The van der Waals surface area contributed by atoms with Crippen molar-refractivity contribution in [3.05, 3.63) is 35.1 Å². The van der Waals surface area contributed by atoms with Crippen molar-refractivity contribution >= 4 is 22.8 Å². The average Bonchev–Trinajstić information content (AvgIpc) is 2.74. The molecule has 1 N–H and O–H groups in total. The van der Waals surface area contributed by atoms with Gasteiger partial charge in [-0.2, -0.15) is 0 Å². The third-order valence-corrected chi connectivity index (χ3v) is 3.26. The van der Waals surface area contributed by atoms with Crippen molar-refractivity contribution in [2.75, 3.05) is 5.75 Å². The number of carbonyl (C=O) groups is 1. The van der Waals surface area contributed by atoms with Crippen LogP contribution < -0.4 is 0 Å². The van der Waals surface area contributed by atoms with Crippen molar-refractivity contribution in [2.24, 2.45) is 4.99 Å². The van der Waals surface area contributed by atoms with E-state index >= 15 is 0 Å². The minimum atomic E-state index is -1.55. The highest BCUT2D eigenvalue weighted by atomic mass is 32.2. The molecule has 0 spiro atoms. The molecule has 1 aromatic carbocycles. The molecule has 1 aliphatic heterocycles. The van der Waals surface area contributed by atoms with Crippen LogP contribution in [0.1, 0.15) is 5.56 Å². The third kappa shape index (κ3) is 2.28. The molecule has 90 valence electrons. The molecule has 0 bridgehead atoms. The van der Waals surface area contributed by atoms with Crippen LogP contribution in [0.3, 0.4) is 0 Å². The van der Waals surface area contributed by atoms with Crippen molar-refractivity contribution in [2.45, 2.75) is 6.04 Å². The van der Waals surface area contributed by atoms with E-state index in [0.717, 1.165) is 23.9 Å². The Bertz CT molecular complexity index is 495. The molecule has 1 atom stereocenters. The zero-order valence-corrected chi connectivity index (χ0v) is 9.10. The molecule has 1 heterocycles.